The highest BCUT2D eigenvalue weighted by atomic mass is 19.4. The lowest BCUT2D eigenvalue weighted by Gasteiger charge is -2.13. The van der Waals surface area contributed by atoms with Crippen LogP contribution in [-0.2, 0) is 12.6 Å². The van der Waals surface area contributed by atoms with Crippen molar-refractivity contribution in [3.05, 3.63) is 89.1 Å². The number of H-pyrrole nitrogens is 1. The molecule has 1 heterocycles. The molecule has 4 rings (SSSR count). The van der Waals surface area contributed by atoms with Gasteiger partial charge in [0.05, 0.1) is 23.3 Å². The third-order valence-corrected chi connectivity index (χ3v) is 5.61. The average Bonchev–Trinajstić information content (AvgIpc) is 3.19. The van der Waals surface area contributed by atoms with E-state index < -0.39 is 17.7 Å². The van der Waals surface area contributed by atoms with Crippen LogP contribution < -0.4 is 4.74 Å². The Morgan fingerprint density at radius 1 is 1.03 bits per heavy atom. The van der Waals surface area contributed by atoms with Gasteiger partial charge in [0.1, 0.15) is 5.75 Å². The minimum Gasteiger partial charge on any atom is -0.493 e. The van der Waals surface area contributed by atoms with Gasteiger partial charge in [-0.25, -0.2) is 4.79 Å². The van der Waals surface area contributed by atoms with Crippen LogP contribution in [0.15, 0.2) is 66.9 Å². The van der Waals surface area contributed by atoms with Gasteiger partial charge in [-0.05, 0) is 60.7 Å². The molecule has 0 radical (unpaired) electrons. The second-order valence-electron chi connectivity index (χ2n) is 7.82. The molecule has 170 valence electrons. The molecule has 0 spiro atoms. The molecule has 0 fully saturated rings. The fraction of sp³-hybridized carbons (Fsp3) is 0.192. The summed E-state index contributed by atoms with van der Waals surface area (Å²) in [5.41, 5.74) is 4.19. The number of alkyl halides is 3. The largest absolute Gasteiger partial charge is 0.493 e. The van der Waals surface area contributed by atoms with E-state index in [0.29, 0.717) is 12.8 Å². The van der Waals surface area contributed by atoms with Crippen molar-refractivity contribution in [3.63, 3.8) is 0 Å². The normalized spacial score (nSPS) is 11.6. The number of aryl methyl sites for hydroxylation is 2. The van der Waals surface area contributed by atoms with Crippen LogP contribution in [0.3, 0.4) is 0 Å². The quantitative estimate of drug-likeness (QED) is 0.300. The van der Waals surface area contributed by atoms with Gasteiger partial charge < -0.3 is 14.8 Å². The van der Waals surface area contributed by atoms with Crippen molar-refractivity contribution < 1.29 is 27.8 Å². The summed E-state index contributed by atoms with van der Waals surface area (Å²) in [4.78, 5) is 14.5. The lowest BCUT2D eigenvalue weighted by molar-refractivity contribution is -0.138. The van der Waals surface area contributed by atoms with E-state index in [0.717, 1.165) is 39.2 Å². The summed E-state index contributed by atoms with van der Waals surface area (Å²) in [6.45, 7) is 2.04. The lowest BCUT2D eigenvalue weighted by Crippen LogP contribution is -2.09. The molecule has 4 nitrogen and oxygen atoms in total. The Hall–Kier alpha value is -3.74. The van der Waals surface area contributed by atoms with Crippen molar-refractivity contribution in [2.45, 2.75) is 25.9 Å². The summed E-state index contributed by atoms with van der Waals surface area (Å²) in [6.07, 6.45) is -1.37. The third kappa shape index (κ3) is 4.72. The number of benzene rings is 3. The zero-order valence-corrected chi connectivity index (χ0v) is 17.9. The standard InChI is InChI=1S/C26H22F3NO3/c1-16-14-17(25(31)32)11-12-19(16)21-8-4-7-20-18(15-30-24(20)21)6-5-13-33-23-10-3-2-9-22(23)26(27,28)29/h2-4,7-12,14-15,30H,5-6,13H2,1H3,(H,31,32). The molecule has 3 aromatic carbocycles. The van der Waals surface area contributed by atoms with Gasteiger partial charge in [0.15, 0.2) is 0 Å². The Balaban J connectivity index is 1.50. The van der Waals surface area contributed by atoms with Crippen LogP contribution in [0.4, 0.5) is 13.2 Å². The number of halogens is 3. The van der Waals surface area contributed by atoms with Crippen LogP contribution >= 0.6 is 0 Å². The topological polar surface area (TPSA) is 62.3 Å². The van der Waals surface area contributed by atoms with Crippen molar-refractivity contribution in [1.29, 1.82) is 0 Å². The Morgan fingerprint density at radius 2 is 1.82 bits per heavy atom. The molecule has 0 bridgehead atoms. The second kappa shape index (κ2) is 9.02. The van der Waals surface area contributed by atoms with Gasteiger partial charge in [-0.1, -0.05) is 36.4 Å². The highest BCUT2D eigenvalue weighted by Gasteiger charge is 2.33. The number of carboxylic acids is 1. The van der Waals surface area contributed by atoms with Crippen LogP contribution in [0.2, 0.25) is 0 Å². The number of fused-ring (bicyclic) bond motifs is 1. The van der Waals surface area contributed by atoms with Gasteiger partial charge in [-0.3, -0.25) is 0 Å². The first kappa shape index (κ1) is 22.5. The van der Waals surface area contributed by atoms with Crippen LogP contribution in [0.5, 0.6) is 5.75 Å². The third-order valence-electron chi connectivity index (χ3n) is 5.61. The summed E-state index contributed by atoms with van der Waals surface area (Å²) < 4.78 is 44.8. The summed E-state index contributed by atoms with van der Waals surface area (Å²) in [7, 11) is 0. The Kier molecular flexibility index (Phi) is 6.14. The number of para-hydroxylation sites is 2. The number of aromatic amines is 1. The minimum absolute atomic E-state index is 0.161. The van der Waals surface area contributed by atoms with Crippen LogP contribution in [0.25, 0.3) is 22.0 Å². The zero-order valence-electron chi connectivity index (χ0n) is 17.9. The molecule has 0 saturated heterocycles. The highest BCUT2D eigenvalue weighted by molar-refractivity contribution is 5.97. The smallest absolute Gasteiger partial charge is 0.419 e. The van der Waals surface area contributed by atoms with Gasteiger partial charge in [-0.2, -0.15) is 13.2 Å². The van der Waals surface area contributed by atoms with Crippen LogP contribution in [0, 0.1) is 6.92 Å². The van der Waals surface area contributed by atoms with Crippen molar-refractivity contribution in [1.82, 2.24) is 4.98 Å². The maximum Gasteiger partial charge on any atom is 0.419 e. The number of carboxylic acid groups (broad SMARTS) is 1. The predicted molar refractivity (Wildman–Crippen MR) is 121 cm³/mol. The number of aromatic carboxylic acids is 1. The van der Waals surface area contributed by atoms with Crippen LogP contribution in [0.1, 0.15) is 33.5 Å². The minimum atomic E-state index is -4.45. The van der Waals surface area contributed by atoms with Crippen molar-refractivity contribution in [3.8, 4) is 16.9 Å². The predicted octanol–water partition coefficient (Wildman–Crippen LogP) is 6.87. The van der Waals surface area contributed by atoms with E-state index in [9.17, 15) is 23.1 Å². The molecule has 0 aliphatic rings. The molecule has 33 heavy (non-hydrogen) atoms. The number of carbonyl (C=O) groups is 1. The number of ether oxygens (including phenoxy) is 1. The van der Waals surface area contributed by atoms with E-state index in [1.54, 1.807) is 18.2 Å². The van der Waals surface area contributed by atoms with Crippen LogP contribution in [-0.4, -0.2) is 22.7 Å². The Morgan fingerprint density at radius 3 is 2.55 bits per heavy atom. The molecule has 0 saturated carbocycles. The van der Waals surface area contributed by atoms with E-state index in [1.165, 1.54) is 18.2 Å². The van der Waals surface area contributed by atoms with E-state index >= 15 is 0 Å². The number of hydrogen-bond acceptors (Lipinski definition) is 2. The molecule has 7 heteroatoms. The SMILES string of the molecule is Cc1cc(C(=O)O)ccc1-c1cccc2c(CCCOc3ccccc3C(F)(F)F)c[nH]c12. The fourth-order valence-electron chi connectivity index (χ4n) is 4.01. The first-order valence-electron chi connectivity index (χ1n) is 10.5. The maximum absolute atomic E-state index is 13.1. The van der Waals surface area contributed by atoms with Gasteiger partial charge in [-0.15, -0.1) is 0 Å². The number of hydrogen-bond donors (Lipinski definition) is 2. The molecule has 0 aliphatic heterocycles. The van der Waals surface area contributed by atoms with Crippen molar-refractivity contribution in [2.75, 3.05) is 6.61 Å². The monoisotopic (exact) mass is 453 g/mol. The zero-order chi connectivity index (χ0) is 23.6. The molecule has 2 N–H and O–H groups in total. The summed E-state index contributed by atoms with van der Waals surface area (Å²) in [5.74, 6) is -1.13. The molecule has 0 unspecified atom stereocenters. The van der Waals surface area contributed by atoms with Crippen molar-refractivity contribution in [2.24, 2.45) is 0 Å². The molecular weight excluding hydrogens is 431 g/mol. The Bertz CT molecular complexity index is 1310. The molecular formula is C26H22F3NO3. The van der Waals surface area contributed by atoms with Gasteiger partial charge >= 0.3 is 12.1 Å². The molecule has 0 atom stereocenters. The second-order valence-corrected chi connectivity index (χ2v) is 7.82. The average molecular weight is 453 g/mol. The van der Waals surface area contributed by atoms with E-state index in [1.807, 2.05) is 31.3 Å². The summed E-state index contributed by atoms with van der Waals surface area (Å²) in [5, 5.41) is 10.2. The van der Waals surface area contributed by atoms with Gasteiger partial charge in [0, 0.05) is 17.1 Å². The molecule has 1 aromatic heterocycles. The highest BCUT2D eigenvalue weighted by Crippen LogP contribution is 2.36. The summed E-state index contributed by atoms with van der Waals surface area (Å²) >= 11 is 0. The maximum atomic E-state index is 13.1. The van der Waals surface area contributed by atoms with E-state index in [2.05, 4.69) is 4.98 Å². The first-order valence-corrected chi connectivity index (χ1v) is 10.5. The Labute approximate surface area is 188 Å². The molecule has 0 aliphatic carbocycles. The lowest BCUT2D eigenvalue weighted by atomic mass is 9.96. The summed E-state index contributed by atoms with van der Waals surface area (Å²) in [6, 6.07) is 16.2. The number of aromatic nitrogens is 1. The molecule has 0 amide bonds. The first-order chi connectivity index (χ1) is 15.8. The van der Waals surface area contributed by atoms with Gasteiger partial charge in [0.25, 0.3) is 0 Å². The number of nitrogens with one attached hydrogen (secondary N) is 1. The fourth-order valence-corrected chi connectivity index (χ4v) is 4.01. The van der Waals surface area contributed by atoms with Crippen molar-refractivity contribution >= 4 is 16.9 Å². The van der Waals surface area contributed by atoms with E-state index in [4.69, 9.17) is 4.74 Å². The molecule has 4 aromatic rings. The van der Waals surface area contributed by atoms with E-state index in [-0.39, 0.29) is 17.9 Å². The number of rotatable bonds is 7. The van der Waals surface area contributed by atoms with Gasteiger partial charge in [0.2, 0.25) is 0 Å².